The number of aliphatic hydroxyl groups excluding tert-OH is 1. The molecule has 1 heteroatoms. The maximum absolute atomic E-state index is 10.2. The summed E-state index contributed by atoms with van der Waals surface area (Å²) >= 11 is 0. The molecule has 0 spiro atoms. The minimum atomic E-state index is -0.0422. The van der Waals surface area contributed by atoms with Crippen LogP contribution in [0.2, 0.25) is 0 Å². The summed E-state index contributed by atoms with van der Waals surface area (Å²) in [4.78, 5) is 0. The number of aliphatic hydroxyl groups is 1. The van der Waals surface area contributed by atoms with Gasteiger partial charge in [0.1, 0.15) is 0 Å². The van der Waals surface area contributed by atoms with Gasteiger partial charge in [-0.15, -0.1) is 0 Å². The summed E-state index contributed by atoms with van der Waals surface area (Å²) in [6, 6.07) is 0. The average molecular weight is 385 g/mol. The Labute approximate surface area is 174 Å². The zero-order chi connectivity index (χ0) is 20.1. The predicted molar refractivity (Wildman–Crippen MR) is 119 cm³/mol. The molecule has 158 valence electrons. The van der Waals surface area contributed by atoms with Crippen LogP contribution in [0.1, 0.15) is 98.8 Å². The second kappa shape index (κ2) is 7.60. The molecule has 0 aromatic carbocycles. The lowest BCUT2D eigenvalue weighted by Crippen LogP contribution is -2.49. The van der Waals surface area contributed by atoms with Crippen LogP contribution < -0.4 is 0 Å². The molecule has 3 fully saturated rings. The molecule has 0 saturated heterocycles. The molecule has 1 nitrogen and oxygen atoms in total. The maximum Gasteiger partial charge on any atom is 0.0543 e. The fourth-order valence-corrected chi connectivity index (χ4v) is 8.30. The van der Waals surface area contributed by atoms with Crippen molar-refractivity contribution in [2.24, 2.45) is 40.4 Å². The van der Waals surface area contributed by atoms with Crippen LogP contribution in [0.3, 0.4) is 0 Å². The van der Waals surface area contributed by atoms with Gasteiger partial charge in [-0.25, -0.2) is 0 Å². The number of rotatable bonds is 4. The molecule has 1 N–H and O–H groups in total. The second-order valence-electron chi connectivity index (χ2n) is 11.7. The Hall–Kier alpha value is -0.560. The Morgan fingerprint density at radius 1 is 1.11 bits per heavy atom. The molecule has 0 bridgehead atoms. The van der Waals surface area contributed by atoms with Crippen molar-refractivity contribution in [3.05, 3.63) is 23.3 Å². The third-order valence-corrected chi connectivity index (χ3v) is 9.99. The Balaban J connectivity index is 1.52. The van der Waals surface area contributed by atoms with E-state index in [0.29, 0.717) is 10.8 Å². The molecule has 0 aromatic rings. The van der Waals surface area contributed by atoms with E-state index in [4.69, 9.17) is 0 Å². The first-order valence-corrected chi connectivity index (χ1v) is 12.3. The summed E-state index contributed by atoms with van der Waals surface area (Å²) in [6.45, 7) is 12.2. The first-order chi connectivity index (χ1) is 13.3. The first kappa shape index (κ1) is 20.7. The number of hydrogen-bond acceptors (Lipinski definition) is 1. The van der Waals surface area contributed by atoms with Crippen LogP contribution in [-0.4, -0.2) is 11.2 Å². The van der Waals surface area contributed by atoms with Gasteiger partial charge in [0.05, 0.1) is 6.10 Å². The van der Waals surface area contributed by atoms with Crippen molar-refractivity contribution in [1.82, 2.24) is 0 Å². The maximum atomic E-state index is 10.2. The van der Waals surface area contributed by atoms with Crippen LogP contribution in [-0.2, 0) is 0 Å². The monoisotopic (exact) mass is 384 g/mol. The lowest BCUT2D eigenvalue weighted by molar-refractivity contribution is -0.0426. The van der Waals surface area contributed by atoms with Crippen LogP contribution in [0.25, 0.3) is 0 Å². The Morgan fingerprint density at radius 2 is 1.82 bits per heavy atom. The van der Waals surface area contributed by atoms with Gasteiger partial charge in [0, 0.05) is 0 Å². The Kier molecular flexibility index (Phi) is 5.62. The van der Waals surface area contributed by atoms with Gasteiger partial charge in [0.15, 0.2) is 0 Å². The van der Waals surface area contributed by atoms with E-state index in [1.165, 1.54) is 56.9 Å². The molecular formula is C27H44O. The van der Waals surface area contributed by atoms with E-state index in [2.05, 4.69) is 46.8 Å². The Morgan fingerprint density at radius 3 is 2.57 bits per heavy atom. The molecule has 0 amide bonds. The van der Waals surface area contributed by atoms with E-state index in [1.54, 1.807) is 0 Å². The zero-order valence-corrected chi connectivity index (χ0v) is 19.1. The summed E-state index contributed by atoms with van der Waals surface area (Å²) < 4.78 is 0. The van der Waals surface area contributed by atoms with Gasteiger partial charge in [0.25, 0.3) is 0 Å². The minimum absolute atomic E-state index is 0.0422. The van der Waals surface area contributed by atoms with E-state index in [0.717, 1.165) is 42.4 Å². The van der Waals surface area contributed by atoms with Crippen LogP contribution in [0, 0.1) is 40.4 Å². The lowest BCUT2D eigenvalue weighted by atomic mass is 9.47. The molecule has 4 aliphatic carbocycles. The smallest absolute Gasteiger partial charge is 0.0543 e. The summed E-state index contributed by atoms with van der Waals surface area (Å²) in [5, 5.41) is 10.2. The lowest BCUT2D eigenvalue weighted by Gasteiger charge is -2.57. The summed E-state index contributed by atoms with van der Waals surface area (Å²) in [6.07, 6.45) is 17.9. The number of allylic oxidation sites excluding steroid dienone is 4. The van der Waals surface area contributed by atoms with Crippen molar-refractivity contribution in [1.29, 1.82) is 0 Å². The van der Waals surface area contributed by atoms with Gasteiger partial charge in [-0.2, -0.15) is 0 Å². The molecule has 4 aliphatic rings. The minimum Gasteiger partial charge on any atom is -0.393 e. The third-order valence-electron chi connectivity index (χ3n) is 9.99. The summed E-state index contributed by atoms with van der Waals surface area (Å²) in [5.41, 5.74) is 4.32. The van der Waals surface area contributed by atoms with Gasteiger partial charge < -0.3 is 5.11 Å². The highest BCUT2D eigenvalue weighted by molar-refractivity contribution is 5.27. The molecular weight excluding hydrogens is 340 g/mol. The number of fused-ring (bicyclic) bond motifs is 5. The average Bonchev–Trinajstić information content (AvgIpc) is 2.99. The normalized spacial score (nSPS) is 46.1. The van der Waals surface area contributed by atoms with Crippen molar-refractivity contribution >= 4 is 0 Å². The van der Waals surface area contributed by atoms with E-state index >= 15 is 0 Å². The van der Waals surface area contributed by atoms with Crippen molar-refractivity contribution in [2.75, 3.05) is 0 Å². The fourth-order valence-electron chi connectivity index (χ4n) is 8.30. The van der Waals surface area contributed by atoms with E-state index in [9.17, 15) is 5.11 Å². The largest absolute Gasteiger partial charge is 0.393 e. The van der Waals surface area contributed by atoms with Crippen LogP contribution >= 0.6 is 0 Å². The van der Waals surface area contributed by atoms with E-state index < -0.39 is 0 Å². The molecule has 4 rings (SSSR count). The molecule has 0 aromatic heterocycles. The topological polar surface area (TPSA) is 20.2 Å². The highest BCUT2D eigenvalue weighted by Crippen LogP contribution is 2.66. The van der Waals surface area contributed by atoms with E-state index in [-0.39, 0.29) is 6.10 Å². The van der Waals surface area contributed by atoms with Gasteiger partial charge >= 0.3 is 0 Å². The third kappa shape index (κ3) is 3.34. The van der Waals surface area contributed by atoms with Gasteiger partial charge in [-0.1, -0.05) is 44.1 Å². The first-order valence-electron chi connectivity index (χ1n) is 12.3. The van der Waals surface area contributed by atoms with Crippen LogP contribution in [0.5, 0.6) is 0 Å². The molecule has 0 unspecified atom stereocenters. The van der Waals surface area contributed by atoms with Crippen LogP contribution in [0.4, 0.5) is 0 Å². The zero-order valence-electron chi connectivity index (χ0n) is 19.1. The molecule has 0 heterocycles. The van der Waals surface area contributed by atoms with Gasteiger partial charge in [-0.3, -0.25) is 0 Å². The SMILES string of the molecule is CC(C)=CCC[C@@H](C)[C@H]1CC[C@H]2C3=CC[C@H]4C[C@@H](O)CC[C@]4(C)[C@H]3CC[C@]12C. The summed E-state index contributed by atoms with van der Waals surface area (Å²) in [5.74, 6) is 4.11. The quantitative estimate of drug-likeness (QED) is 0.504. The fraction of sp³-hybridized carbons (Fsp3) is 0.852. The predicted octanol–water partition coefficient (Wildman–Crippen LogP) is 7.31. The van der Waals surface area contributed by atoms with Crippen molar-refractivity contribution in [3.63, 3.8) is 0 Å². The second-order valence-corrected chi connectivity index (χ2v) is 11.7. The molecule has 0 radical (unpaired) electrons. The van der Waals surface area contributed by atoms with Gasteiger partial charge in [-0.05, 0) is 118 Å². The number of hydrogen-bond donors (Lipinski definition) is 1. The van der Waals surface area contributed by atoms with Crippen molar-refractivity contribution in [3.8, 4) is 0 Å². The van der Waals surface area contributed by atoms with Crippen molar-refractivity contribution in [2.45, 2.75) is 105 Å². The highest BCUT2D eigenvalue weighted by Gasteiger charge is 2.58. The van der Waals surface area contributed by atoms with Crippen molar-refractivity contribution < 1.29 is 5.11 Å². The van der Waals surface area contributed by atoms with Crippen LogP contribution in [0.15, 0.2) is 23.3 Å². The molecule has 8 atom stereocenters. The summed E-state index contributed by atoms with van der Waals surface area (Å²) in [7, 11) is 0. The standard InChI is InChI=1S/C27H44O/c1-18(2)7-6-8-19(3)23-11-12-24-22-10-9-20-17-21(28)13-15-26(20,4)25(22)14-16-27(23,24)5/h7,10,19-21,23-25,28H,6,8-9,11-17H2,1-5H3/t19-,20+,21+,23-,24+,25+,26+,27-/m1/s1. The highest BCUT2D eigenvalue weighted by atomic mass is 16.3. The van der Waals surface area contributed by atoms with Gasteiger partial charge in [0.2, 0.25) is 0 Å². The molecule has 3 saturated carbocycles. The molecule has 0 aliphatic heterocycles. The molecule has 28 heavy (non-hydrogen) atoms. The Bertz CT molecular complexity index is 641. The van der Waals surface area contributed by atoms with E-state index in [1.807, 2.05) is 5.57 Å².